The molecule has 1 aliphatic heterocycles. The van der Waals surface area contributed by atoms with Crippen LogP contribution < -0.4 is 14.4 Å². The molecule has 0 aliphatic carbocycles. The van der Waals surface area contributed by atoms with E-state index in [2.05, 4.69) is 5.32 Å². The van der Waals surface area contributed by atoms with Crippen molar-refractivity contribution in [1.29, 1.82) is 0 Å². The number of carbonyl (C=O) groups excluding carboxylic acids is 1. The van der Waals surface area contributed by atoms with Crippen LogP contribution in [0.25, 0.3) is 0 Å². The monoisotopic (exact) mass is 434 g/mol. The summed E-state index contributed by atoms with van der Waals surface area (Å²) in [5.74, 6) is -0.620. The molecule has 0 saturated carbocycles. The van der Waals surface area contributed by atoms with Crippen LogP contribution in [0.2, 0.25) is 5.02 Å². The predicted octanol–water partition coefficient (Wildman–Crippen LogP) is 3.52. The van der Waals surface area contributed by atoms with Gasteiger partial charge in [-0.1, -0.05) is 23.7 Å². The van der Waals surface area contributed by atoms with Crippen LogP contribution in [-0.4, -0.2) is 33.2 Å². The van der Waals surface area contributed by atoms with Gasteiger partial charge in [0.15, 0.2) is 6.10 Å². The van der Waals surface area contributed by atoms with E-state index in [9.17, 15) is 26.4 Å². The van der Waals surface area contributed by atoms with Gasteiger partial charge in [-0.2, -0.15) is 13.2 Å². The van der Waals surface area contributed by atoms with E-state index >= 15 is 0 Å². The average molecular weight is 435 g/mol. The van der Waals surface area contributed by atoms with Crippen LogP contribution in [0.5, 0.6) is 5.75 Å². The fourth-order valence-electron chi connectivity index (χ4n) is 2.70. The molecule has 1 aliphatic rings. The summed E-state index contributed by atoms with van der Waals surface area (Å²) < 4.78 is 69.6. The first-order valence-electron chi connectivity index (χ1n) is 7.88. The minimum absolute atomic E-state index is 0.143. The number of amides is 1. The molecule has 0 spiro atoms. The van der Waals surface area contributed by atoms with E-state index in [0.29, 0.717) is 6.07 Å². The molecular formula is C17H14ClF3N2O4S. The molecule has 0 aromatic heterocycles. The second kappa shape index (κ2) is 7.17. The Morgan fingerprint density at radius 2 is 1.93 bits per heavy atom. The molecule has 3 rings (SSSR count). The highest BCUT2D eigenvalue weighted by atomic mass is 35.5. The Balaban J connectivity index is 1.86. The maximum atomic E-state index is 13.0. The highest BCUT2D eigenvalue weighted by Crippen LogP contribution is 2.37. The number of carbonyl (C=O) groups is 1. The first-order valence-corrected chi connectivity index (χ1v) is 10.1. The number of hydrogen-bond donors (Lipinski definition) is 1. The lowest BCUT2D eigenvalue weighted by Crippen LogP contribution is -2.48. The number of ether oxygens (including phenoxy) is 1. The smallest absolute Gasteiger partial charge is 0.417 e. The quantitative estimate of drug-likeness (QED) is 0.802. The van der Waals surface area contributed by atoms with Crippen molar-refractivity contribution in [3.8, 4) is 5.75 Å². The molecule has 28 heavy (non-hydrogen) atoms. The summed E-state index contributed by atoms with van der Waals surface area (Å²) in [6.45, 7) is -0.318. The van der Waals surface area contributed by atoms with Crippen molar-refractivity contribution in [2.24, 2.45) is 0 Å². The highest BCUT2D eigenvalue weighted by Gasteiger charge is 2.36. The third kappa shape index (κ3) is 4.17. The zero-order valence-corrected chi connectivity index (χ0v) is 15.9. The van der Waals surface area contributed by atoms with Crippen molar-refractivity contribution < 1.29 is 31.1 Å². The topological polar surface area (TPSA) is 75.7 Å². The largest absolute Gasteiger partial charge is 0.476 e. The van der Waals surface area contributed by atoms with Gasteiger partial charge in [0, 0.05) is 5.69 Å². The maximum Gasteiger partial charge on any atom is 0.417 e. The van der Waals surface area contributed by atoms with Crippen molar-refractivity contribution in [2.75, 3.05) is 22.4 Å². The summed E-state index contributed by atoms with van der Waals surface area (Å²) in [5, 5.41) is 1.81. The summed E-state index contributed by atoms with van der Waals surface area (Å²) in [5.41, 5.74) is -0.963. The number of anilines is 2. The second-order valence-electron chi connectivity index (χ2n) is 6.05. The molecule has 0 bridgehead atoms. The molecular weight excluding hydrogens is 421 g/mol. The third-order valence-corrected chi connectivity index (χ3v) is 5.44. The molecule has 150 valence electrons. The Morgan fingerprint density at radius 3 is 2.57 bits per heavy atom. The zero-order chi connectivity index (χ0) is 20.7. The first-order chi connectivity index (χ1) is 13.0. The summed E-state index contributed by atoms with van der Waals surface area (Å²) in [7, 11) is -3.70. The van der Waals surface area contributed by atoms with E-state index in [4.69, 9.17) is 16.3 Å². The fourth-order valence-corrected chi connectivity index (χ4v) is 3.83. The number of nitrogens with one attached hydrogen (secondary N) is 1. The third-order valence-electron chi connectivity index (χ3n) is 3.97. The van der Waals surface area contributed by atoms with Gasteiger partial charge in [-0.05, 0) is 30.3 Å². The second-order valence-corrected chi connectivity index (χ2v) is 8.36. The Bertz CT molecular complexity index is 1030. The van der Waals surface area contributed by atoms with Gasteiger partial charge in [0.2, 0.25) is 10.0 Å². The van der Waals surface area contributed by atoms with Crippen molar-refractivity contribution in [3.63, 3.8) is 0 Å². The van der Waals surface area contributed by atoms with E-state index < -0.39 is 38.8 Å². The molecule has 1 N–H and O–H groups in total. The standard InChI is InChI=1S/C17H14ClF3N2O4S/c1-28(25,26)23-9-15(27-14-5-3-2-4-13(14)23)16(24)22-10-6-7-12(18)11(8-10)17(19,20)21/h2-8,15H,9H2,1H3,(H,22,24)/t15-/m1/s1. The van der Waals surface area contributed by atoms with Gasteiger partial charge in [0.05, 0.1) is 29.1 Å². The van der Waals surface area contributed by atoms with E-state index in [1.165, 1.54) is 18.2 Å². The number of alkyl halides is 3. The Labute approximate surface area is 163 Å². The number of sulfonamides is 1. The molecule has 2 aromatic carbocycles. The van der Waals surface area contributed by atoms with Crippen LogP contribution >= 0.6 is 11.6 Å². The van der Waals surface area contributed by atoms with E-state index in [1.807, 2.05) is 0 Å². The number of fused-ring (bicyclic) bond motifs is 1. The molecule has 1 atom stereocenters. The number of rotatable bonds is 3. The minimum atomic E-state index is -4.69. The van der Waals surface area contributed by atoms with Gasteiger partial charge in [0.1, 0.15) is 5.75 Å². The predicted molar refractivity (Wildman–Crippen MR) is 98.1 cm³/mol. The SMILES string of the molecule is CS(=O)(=O)N1C[C@H](C(=O)Nc2ccc(Cl)c(C(F)(F)F)c2)Oc2ccccc21. The molecule has 0 fully saturated rings. The lowest BCUT2D eigenvalue weighted by atomic mass is 10.1. The number of para-hydroxylation sites is 2. The molecule has 1 amide bonds. The van der Waals surface area contributed by atoms with E-state index in [-0.39, 0.29) is 23.7 Å². The Hall–Kier alpha value is -2.46. The summed E-state index contributed by atoms with van der Waals surface area (Å²) in [6.07, 6.45) is -4.96. The maximum absolute atomic E-state index is 13.0. The van der Waals surface area contributed by atoms with Gasteiger partial charge in [-0.15, -0.1) is 0 Å². The van der Waals surface area contributed by atoms with Crippen LogP contribution in [0.3, 0.4) is 0 Å². The number of benzene rings is 2. The van der Waals surface area contributed by atoms with Gasteiger partial charge in [0.25, 0.3) is 5.91 Å². The summed E-state index contributed by atoms with van der Waals surface area (Å²) >= 11 is 5.56. The van der Waals surface area contributed by atoms with Crippen LogP contribution in [0.1, 0.15) is 5.56 Å². The lowest BCUT2D eigenvalue weighted by molar-refractivity contribution is -0.137. The van der Waals surface area contributed by atoms with Crippen LogP contribution in [-0.2, 0) is 21.0 Å². The molecule has 0 saturated heterocycles. The average Bonchev–Trinajstić information content (AvgIpc) is 2.60. The molecule has 6 nitrogen and oxygen atoms in total. The molecule has 2 aromatic rings. The zero-order valence-electron chi connectivity index (χ0n) is 14.3. The van der Waals surface area contributed by atoms with E-state index in [0.717, 1.165) is 16.6 Å². The number of hydrogen-bond acceptors (Lipinski definition) is 4. The van der Waals surface area contributed by atoms with Gasteiger partial charge >= 0.3 is 6.18 Å². The van der Waals surface area contributed by atoms with Crippen LogP contribution in [0.4, 0.5) is 24.5 Å². The Morgan fingerprint density at radius 1 is 1.25 bits per heavy atom. The van der Waals surface area contributed by atoms with Gasteiger partial charge < -0.3 is 10.1 Å². The molecule has 0 radical (unpaired) electrons. The molecule has 11 heteroatoms. The molecule has 0 unspecified atom stereocenters. The number of nitrogens with zero attached hydrogens (tertiary/aromatic N) is 1. The Kier molecular flexibility index (Phi) is 5.20. The van der Waals surface area contributed by atoms with Gasteiger partial charge in [-0.3, -0.25) is 9.10 Å². The van der Waals surface area contributed by atoms with Crippen molar-refractivity contribution in [2.45, 2.75) is 12.3 Å². The lowest BCUT2D eigenvalue weighted by Gasteiger charge is -2.33. The highest BCUT2D eigenvalue weighted by molar-refractivity contribution is 7.92. The summed E-state index contributed by atoms with van der Waals surface area (Å²) in [4.78, 5) is 12.5. The first kappa shape index (κ1) is 20.3. The minimum Gasteiger partial charge on any atom is -0.476 e. The van der Waals surface area contributed by atoms with E-state index in [1.54, 1.807) is 12.1 Å². The van der Waals surface area contributed by atoms with Crippen molar-refractivity contribution in [1.82, 2.24) is 0 Å². The number of halogens is 4. The van der Waals surface area contributed by atoms with Crippen molar-refractivity contribution in [3.05, 3.63) is 53.1 Å². The normalized spacial score (nSPS) is 16.9. The summed E-state index contributed by atoms with van der Waals surface area (Å²) in [6, 6.07) is 9.17. The van der Waals surface area contributed by atoms with Crippen LogP contribution in [0.15, 0.2) is 42.5 Å². The van der Waals surface area contributed by atoms with Crippen molar-refractivity contribution >= 4 is 38.9 Å². The fraction of sp³-hybridized carbons (Fsp3) is 0.235. The van der Waals surface area contributed by atoms with Crippen LogP contribution in [0, 0.1) is 0 Å². The van der Waals surface area contributed by atoms with Gasteiger partial charge in [-0.25, -0.2) is 8.42 Å². The molecule has 1 heterocycles.